The molecular weight excluding hydrogens is 201 g/mol. The summed E-state index contributed by atoms with van der Waals surface area (Å²) in [5.41, 5.74) is 0. The van der Waals surface area contributed by atoms with Crippen LogP contribution in [0, 0.1) is 0 Å². The van der Waals surface area contributed by atoms with Crippen LogP contribution in [-0.4, -0.2) is 62.1 Å². The summed E-state index contributed by atoms with van der Waals surface area (Å²) >= 11 is 0. The normalized spacial score (nSPS) is 7.00. The summed E-state index contributed by atoms with van der Waals surface area (Å²) in [5, 5.41) is 0. The Bertz CT molecular complexity index is 21.5. The van der Waals surface area contributed by atoms with Gasteiger partial charge in [0.1, 0.15) is 0 Å². The molecule has 0 atom stereocenters. The van der Waals surface area contributed by atoms with Gasteiger partial charge in [-0.05, 0) is 13.8 Å². The Hall–Kier alpha value is 1.53. The molecule has 0 amide bonds. The van der Waals surface area contributed by atoms with Crippen molar-refractivity contribution in [3.8, 4) is 0 Å². The Labute approximate surface area is 82.5 Å². The number of ether oxygens (including phenoxy) is 1. The minimum atomic E-state index is 0. The average Bonchev–Trinajstić information content (AvgIpc) is 1.41. The van der Waals surface area contributed by atoms with Gasteiger partial charge in [0.15, 0.2) is 0 Å². The van der Waals surface area contributed by atoms with Crippen molar-refractivity contribution in [2.24, 2.45) is 0 Å². The predicted octanol–water partition coefficient (Wildman–Crippen LogP) is 0.887. The van der Waals surface area contributed by atoms with E-state index in [1.165, 1.54) is 0 Å². The minimum absolute atomic E-state index is 0. The van der Waals surface area contributed by atoms with Crippen molar-refractivity contribution in [2.75, 3.05) is 13.2 Å². The smallest absolute Gasteiger partial charge is 1.00 e. The van der Waals surface area contributed by atoms with E-state index >= 15 is 0 Å². The first-order valence-electron chi connectivity index (χ1n) is 1.99. The van der Waals surface area contributed by atoms with Crippen molar-refractivity contribution in [1.29, 1.82) is 0 Å². The molecule has 0 radical (unpaired) electrons. The van der Waals surface area contributed by atoms with Crippen molar-refractivity contribution in [1.82, 2.24) is 0 Å². The van der Waals surface area contributed by atoms with E-state index in [2.05, 4.69) is 0 Å². The van der Waals surface area contributed by atoms with Crippen molar-refractivity contribution >= 4 is 48.9 Å². The second kappa shape index (κ2) is 9.73. The van der Waals surface area contributed by atoms with Gasteiger partial charge >= 0.3 is 48.9 Å². The van der Waals surface area contributed by atoms with E-state index in [1.807, 2.05) is 13.8 Å². The van der Waals surface area contributed by atoms with Crippen LogP contribution >= 0.6 is 0 Å². The van der Waals surface area contributed by atoms with Crippen molar-refractivity contribution < 1.29 is 7.59 Å². The molecule has 0 aromatic rings. The van der Waals surface area contributed by atoms with Gasteiger partial charge in [0, 0.05) is 13.2 Å². The third-order valence-corrected chi connectivity index (χ3v) is 0.408. The average molecular weight is 213 g/mol. The van der Waals surface area contributed by atoms with Gasteiger partial charge < -0.3 is 7.59 Å². The van der Waals surface area contributed by atoms with E-state index in [0.717, 1.165) is 13.2 Å². The first-order valence-corrected chi connectivity index (χ1v) is 1.99. The van der Waals surface area contributed by atoms with Gasteiger partial charge in [0.05, 0.1) is 0 Å². The van der Waals surface area contributed by atoms with Crippen LogP contribution in [0.25, 0.3) is 0 Å². The maximum atomic E-state index is 4.83. The molecule has 0 unspecified atom stereocenters. The van der Waals surface area contributed by atoms with Gasteiger partial charge in [-0.3, -0.25) is 0 Å². The summed E-state index contributed by atoms with van der Waals surface area (Å²) in [7, 11) is 0. The summed E-state index contributed by atoms with van der Waals surface area (Å²) < 4.78 is 4.83. The van der Waals surface area contributed by atoms with Crippen LogP contribution in [0.4, 0.5) is 0 Å². The molecule has 1 nitrogen and oxygen atoms in total. The van der Waals surface area contributed by atoms with Gasteiger partial charge in [-0.25, -0.2) is 0 Å². The topological polar surface area (TPSA) is 9.23 Å². The molecule has 6 heavy (non-hydrogen) atoms. The molecule has 0 aliphatic heterocycles. The first kappa shape index (κ1) is 10.5. The monoisotopic (exact) mass is 214 g/mol. The molecule has 2 heteroatoms. The van der Waals surface area contributed by atoms with Crippen LogP contribution in [0.1, 0.15) is 16.7 Å². The molecule has 0 heterocycles. The Morgan fingerprint density at radius 1 is 1.33 bits per heavy atom. The fourth-order valence-electron chi connectivity index (χ4n) is 0.204. The van der Waals surface area contributed by atoms with E-state index in [9.17, 15) is 0 Å². The third-order valence-electron chi connectivity index (χ3n) is 0.408. The fraction of sp³-hybridized carbons (Fsp3) is 1.00. The second-order valence-corrected chi connectivity index (χ2v) is 0.781. The minimum Gasteiger partial charge on any atom is -1.00 e. The largest absolute Gasteiger partial charge is 2.00 e. The van der Waals surface area contributed by atoms with Crippen molar-refractivity contribution in [3.05, 3.63) is 0 Å². The molecule has 0 saturated carbocycles. The van der Waals surface area contributed by atoms with E-state index < -0.39 is 0 Å². The van der Waals surface area contributed by atoms with Crippen LogP contribution < -0.4 is 0 Å². The summed E-state index contributed by atoms with van der Waals surface area (Å²) in [6.07, 6.45) is 0. The van der Waals surface area contributed by atoms with Gasteiger partial charge in [-0.1, -0.05) is 0 Å². The number of rotatable bonds is 2. The zero-order chi connectivity index (χ0) is 4.12. The quantitative estimate of drug-likeness (QED) is 0.619. The Morgan fingerprint density at radius 3 is 1.67 bits per heavy atom. The molecule has 0 aromatic carbocycles. The third kappa shape index (κ3) is 9.11. The van der Waals surface area contributed by atoms with Gasteiger partial charge in [0.2, 0.25) is 0 Å². The Balaban J connectivity index is -0.0000000267. The summed E-state index contributed by atoms with van der Waals surface area (Å²) in [5.74, 6) is 0. The second-order valence-electron chi connectivity index (χ2n) is 0.781. The van der Waals surface area contributed by atoms with E-state index in [0.29, 0.717) is 0 Å². The Morgan fingerprint density at radius 2 is 1.67 bits per heavy atom. The predicted molar refractivity (Wildman–Crippen MR) is 30.1 cm³/mol. The molecule has 36 valence electrons. The summed E-state index contributed by atoms with van der Waals surface area (Å²) in [4.78, 5) is 0. The maximum Gasteiger partial charge on any atom is 2.00 e. The van der Waals surface area contributed by atoms with Crippen molar-refractivity contribution in [3.63, 3.8) is 0 Å². The standard InChI is InChI=1S/C4H10O.Ba.2H/c1-3-5-4-2;;;/h3-4H2,1-2H3;;;/q;+2;2*-1. The number of hydrogen-bond donors (Lipinski definition) is 0. The summed E-state index contributed by atoms with van der Waals surface area (Å²) in [6, 6.07) is 0. The fourth-order valence-corrected chi connectivity index (χ4v) is 0.204. The van der Waals surface area contributed by atoms with E-state index in [-0.39, 0.29) is 51.7 Å². The van der Waals surface area contributed by atoms with Crippen LogP contribution in [0.2, 0.25) is 0 Å². The maximum absolute atomic E-state index is 4.83. The van der Waals surface area contributed by atoms with Gasteiger partial charge in [-0.2, -0.15) is 0 Å². The van der Waals surface area contributed by atoms with Gasteiger partial charge in [0.25, 0.3) is 0 Å². The molecule has 0 aliphatic rings. The molecule has 0 aromatic heterocycles. The molecular formula is C4H12BaO. The first-order chi connectivity index (χ1) is 2.41. The van der Waals surface area contributed by atoms with Gasteiger partial charge in [-0.15, -0.1) is 0 Å². The number of hydrogen-bond acceptors (Lipinski definition) is 1. The molecule has 0 bridgehead atoms. The molecule has 0 N–H and O–H groups in total. The van der Waals surface area contributed by atoms with E-state index in [1.54, 1.807) is 0 Å². The molecule has 0 spiro atoms. The molecule has 0 fully saturated rings. The van der Waals surface area contributed by atoms with Crippen molar-refractivity contribution in [2.45, 2.75) is 13.8 Å². The van der Waals surface area contributed by atoms with E-state index in [4.69, 9.17) is 4.74 Å². The van der Waals surface area contributed by atoms with Crippen LogP contribution in [0.5, 0.6) is 0 Å². The molecule has 0 aliphatic carbocycles. The Kier molecular flexibility index (Phi) is 17.0. The zero-order valence-electron chi connectivity index (χ0n) is 6.53. The molecule has 0 rings (SSSR count). The summed E-state index contributed by atoms with van der Waals surface area (Å²) in [6.45, 7) is 5.67. The molecule has 0 saturated heterocycles. The van der Waals surface area contributed by atoms with Crippen LogP contribution in [-0.2, 0) is 4.74 Å². The zero-order valence-corrected chi connectivity index (χ0v) is 8.97. The SMILES string of the molecule is CCOCC.[Ba+2].[H-].[H-]. The van der Waals surface area contributed by atoms with Crippen LogP contribution in [0.3, 0.4) is 0 Å². The van der Waals surface area contributed by atoms with Crippen LogP contribution in [0.15, 0.2) is 0 Å².